The molecule has 2 aliphatic heterocycles. The van der Waals surface area contributed by atoms with Crippen LogP contribution in [0.25, 0.3) is 0 Å². The number of carbonyl (C=O) groups excluding carboxylic acids is 1. The molecule has 0 aliphatic carbocycles. The smallest absolute Gasteiger partial charge is 0.224 e. The van der Waals surface area contributed by atoms with Crippen molar-refractivity contribution in [1.29, 1.82) is 0 Å². The van der Waals surface area contributed by atoms with E-state index >= 15 is 0 Å². The topological polar surface area (TPSA) is 44.4 Å². The standard InChI is InChI=1S/C15H21N3O/c19-15(9-12-10-16-11-12)17-13-3-5-14(6-4-13)18-7-1-2-8-18/h3-6,12,16H,1-2,7-11H2,(H,17,19). The van der Waals surface area contributed by atoms with Crippen LogP contribution in [0.5, 0.6) is 0 Å². The van der Waals surface area contributed by atoms with Crippen LogP contribution in [0, 0.1) is 5.92 Å². The van der Waals surface area contributed by atoms with Gasteiger partial charge in [0.25, 0.3) is 0 Å². The van der Waals surface area contributed by atoms with Gasteiger partial charge in [-0.15, -0.1) is 0 Å². The summed E-state index contributed by atoms with van der Waals surface area (Å²) < 4.78 is 0. The van der Waals surface area contributed by atoms with Crippen molar-refractivity contribution in [1.82, 2.24) is 5.32 Å². The van der Waals surface area contributed by atoms with Gasteiger partial charge >= 0.3 is 0 Å². The maximum atomic E-state index is 11.8. The van der Waals surface area contributed by atoms with E-state index in [9.17, 15) is 4.79 Å². The van der Waals surface area contributed by atoms with Gasteiger partial charge in [0.1, 0.15) is 0 Å². The van der Waals surface area contributed by atoms with Crippen LogP contribution in [0.1, 0.15) is 19.3 Å². The number of hydrogen-bond acceptors (Lipinski definition) is 3. The summed E-state index contributed by atoms with van der Waals surface area (Å²) >= 11 is 0. The molecule has 1 aromatic rings. The number of anilines is 2. The van der Waals surface area contributed by atoms with E-state index in [4.69, 9.17) is 0 Å². The number of rotatable bonds is 4. The zero-order chi connectivity index (χ0) is 13.1. The van der Waals surface area contributed by atoms with Crippen LogP contribution in [-0.4, -0.2) is 32.1 Å². The van der Waals surface area contributed by atoms with Crippen molar-refractivity contribution in [3.05, 3.63) is 24.3 Å². The van der Waals surface area contributed by atoms with Crippen LogP contribution >= 0.6 is 0 Å². The number of benzene rings is 1. The molecule has 0 unspecified atom stereocenters. The molecule has 3 rings (SSSR count). The third kappa shape index (κ3) is 3.07. The van der Waals surface area contributed by atoms with E-state index in [0.717, 1.165) is 31.9 Å². The fourth-order valence-corrected chi connectivity index (χ4v) is 2.70. The first-order valence-electron chi connectivity index (χ1n) is 7.17. The van der Waals surface area contributed by atoms with E-state index in [1.807, 2.05) is 12.1 Å². The maximum Gasteiger partial charge on any atom is 0.224 e. The average Bonchev–Trinajstić information content (AvgIpc) is 2.89. The van der Waals surface area contributed by atoms with E-state index in [0.29, 0.717) is 12.3 Å². The molecule has 2 saturated heterocycles. The van der Waals surface area contributed by atoms with Gasteiger partial charge in [-0.3, -0.25) is 4.79 Å². The van der Waals surface area contributed by atoms with Crippen molar-refractivity contribution >= 4 is 17.3 Å². The number of amides is 1. The van der Waals surface area contributed by atoms with E-state index in [-0.39, 0.29) is 5.91 Å². The number of nitrogens with one attached hydrogen (secondary N) is 2. The highest BCUT2D eigenvalue weighted by Crippen LogP contribution is 2.22. The molecular formula is C15H21N3O. The minimum Gasteiger partial charge on any atom is -0.372 e. The Hall–Kier alpha value is -1.55. The highest BCUT2D eigenvalue weighted by molar-refractivity contribution is 5.91. The maximum absolute atomic E-state index is 11.8. The Morgan fingerprint density at radius 2 is 1.89 bits per heavy atom. The molecular weight excluding hydrogens is 238 g/mol. The van der Waals surface area contributed by atoms with Gasteiger partial charge in [0.2, 0.25) is 5.91 Å². The van der Waals surface area contributed by atoms with Gasteiger partial charge in [-0.25, -0.2) is 0 Å². The van der Waals surface area contributed by atoms with Crippen LogP contribution in [0.2, 0.25) is 0 Å². The van der Waals surface area contributed by atoms with Crippen molar-refractivity contribution in [2.75, 3.05) is 36.4 Å². The third-order valence-electron chi connectivity index (χ3n) is 3.96. The van der Waals surface area contributed by atoms with Crippen molar-refractivity contribution in [2.45, 2.75) is 19.3 Å². The second-order valence-electron chi connectivity index (χ2n) is 5.52. The molecule has 2 N–H and O–H groups in total. The Kier molecular flexibility index (Phi) is 3.69. The van der Waals surface area contributed by atoms with E-state index in [2.05, 4.69) is 27.7 Å². The van der Waals surface area contributed by atoms with Crippen LogP contribution < -0.4 is 15.5 Å². The van der Waals surface area contributed by atoms with Crippen molar-refractivity contribution in [2.24, 2.45) is 5.92 Å². The largest absolute Gasteiger partial charge is 0.372 e. The van der Waals surface area contributed by atoms with Gasteiger partial charge in [0.15, 0.2) is 0 Å². The Bertz CT molecular complexity index is 433. The number of hydrogen-bond donors (Lipinski definition) is 2. The minimum absolute atomic E-state index is 0.125. The molecule has 0 atom stereocenters. The second kappa shape index (κ2) is 5.61. The summed E-state index contributed by atoms with van der Waals surface area (Å²) in [5.74, 6) is 0.643. The fourth-order valence-electron chi connectivity index (χ4n) is 2.70. The molecule has 2 fully saturated rings. The lowest BCUT2D eigenvalue weighted by molar-refractivity contribution is -0.117. The first-order chi connectivity index (χ1) is 9.31. The van der Waals surface area contributed by atoms with E-state index in [1.54, 1.807) is 0 Å². The predicted octanol–water partition coefficient (Wildman–Crippen LogP) is 1.83. The SMILES string of the molecule is O=C(CC1CNC1)Nc1ccc(N2CCCC2)cc1. The average molecular weight is 259 g/mol. The van der Waals surface area contributed by atoms with E-state index in [1.165, 1.54) is 18.5 Å². The Morgan fingerprint density at radius 1 is 1.21 bits per heavy atom. The third-order valence-corrected chi connectivity index (χ3v) is 3.96. The molecule has 102 valence electrons. The molecule has 1 amide bonds. The van der Waals surface area contributed by atoms with Gasteiger partial charge < -0.3 is 15.5 Å². The zero-order valence-corrected chi connectivity index (χ0v) is 11.2. The van der Waals surface area contributed by atoms with Crippen molar-refractivity contribution < 1.29 is 4.79 Å². The molecule has 0 bridgehead atoms. The summed E-state index contributed by atoms with van der Waals surface area (Å²) in [6, 6.07) is 8.22. The lowest BCUT2D eigenvalue weighted by Crippen LogP contribution is -2.43. The summed E-state index contributed by atoms with van der Waals surface area (Å²) in [6.07, 6.45) is 3.20. The highest BCUT2D eigenvalue weighted by Gasteiger charge is 2.20. The first kappa shape index (κ1) is 12.5. The summed E-state index contributed by atoms with van der Waals surface area (Å²) in [5.41, 5.74) is 2.17. The summed E-state index contributed by atoms with van der Waals surface area (Å²) in [7, 11) is 0. The molecule has 19 heavy (non-hydrogen) atoms. The quantitative estimate of drug-likeness (QED) is 0.867. The summed E-state index contributed by atoms with van der Waals surface area (Å²) in [5, 5.41) is 6.16. The highest BCUT2D eigenvalue weighted by atomic mass is 16.1. The molecule has 4 heteroatoms. The molecule has 0 spiro atoms. The Morgan fingerprint density at radius 3 is 2.47 bits per heavy atom. The molecule has 0 aromatic heterocycles. The fraction of sp³-hybridized carbons (Fsp3) is 0.533. The Balaban J connectivity index is 1.54. The van der Waals surface area contributed by atoms with Gasteiger partial charge in [-0.2, -0.15) is 0 Å². The Labute approximate surface area is 114 Å². The molecule has 0 radical (unpaired) electrons. The zero-order valence-electron chi connectivity index (χ0n) is 11.2. The van der Waals surface area contributed by atoms with Gasteiger partial charge in [-0.05, 0) is 56.1 Å². The summed E-state index contributed by atoms with van der Waals surface area (Å²) in [4.78, 5) is 14.2. The van der Waals surface area contributed by atoms with Crippen LogP contribution in [0.15, 0.2) is 24.3 Å². The molecule has 4 nitrogen and oxygen atoms in total. The lowest BCUT2D eigenvalue weighted by atomic mass is 9.99. The number of carbonyl (C=O) groups is 1. The molecule has 0 saturated carbocycles. The minimum atomic E-state index is 0.125. The van der Waals surface area contributed by atoms with Gasteiger partial charge in [0.05, 0.1) is 0 Å². The second-order valence-corrected chi connectivity index (χ2v) is 5.52. The van der Waals surface area contributed by atoms with Gasteiger partial charge in [-0.1, -0.05) is 0 Å². The van der Waals surface area contributed by atoms with Gasteiger partial charge in [0, 0.05) is 30.9 Å². The predicted molar refractivity (Wildman–Crippen MR) is 77.5 cm³/mol. The normalized spacial score (nSPS) is 19.3. The van der Waals surface area contributed by atoms with Crippen LogP contribution in [0.4, 0.5) is 11.4 Å². The first-order valence-corrected chi connectivity index (χ1v) is 7.17. The van der Waals surface area contributed by atoms with E-state index < -0.39 is 0 Å². The molecule has 2 heterocycles. The van der Waals surface area contributed by atoms with Crippen molar-refractivity contribution in [3.8, 4) is 0 Å². The number of nitrogens with zero attached hydrogens (tertiary/aromatic N) is 1. The summed E-state index contributed by atoms with van der Waals surface area (Å²) in [6.45, 7) is 4.25. The van der Waals surface area contributed by atoms with Crippen LogP contribution in [0.3, 0.4) is 0 Å². The lowest BCUT2D eigenvalue weighted by Gasteiger charge is -2.26. The monoisotopic (exact) mass is 259 g/mol. The molecule has 1 aromatic carbocycles. The molecule has 2 aliphatic rings. The van der Waals surface area contributed by atoms with Crippen LogP contribution in [-0.2, 0) is 4.79 Å². The van der Waals surface area contributed by atoms with Crippen molar-refractivity contribution in [3.63, 3.8) is 0 Å².